The largest absolute Gasteiger partial charge is 0.497 e. The number of methoxy groups -OCH3 is 1. The van der Waals surface area contributed by atoms with Crippen molar-refractivity contribution in [3.8, 4) is 5.75 Å². The molecule has 1 saturated heterocycles. The second-order valence-electron chi connectivity index (χ2n) is 8.71. The summed E-state index contributed by atoms with van der Waals surface area (Å²) < 4.78 is 13.1. The summed E-state index contributed by atoms with van der Waals surface area (Å²) in [4.78, 5) is 17.5. The average Bonchev–Trinajstić information content (AvgIpc) is 3.27. The van der Waals surface area contributed by atoms with Gasteiger partial charge in [0.05, 0.1) is 26.0 Å². The highest BCUT2D eigenvalue weighted by atomic mass is 16.5. The van der Waals surface area contributed by atoms with E-state index in [9.17, 15) is 4.79 Å². The molecule has 3 aromatic rings. The standard InChI is InChI=1S/C25H29N5O3/c1-17-4-9-21(18(2)14-17)28-10-12-29(13-11-28)25(31)24-22-16-33-23(15-30(22)27-26-24)19-5-7-20(32-3)8-6-19/h4-9,14,23H,10-13,15-16H2,1-3H3/t23-/m1/s1. The maximum absolute atomic E-state index is 13.2. The number of amides is 1. The normalized spacial score (nSPS) is 18.2. The summed E-state index contributed by atoms with van der Waals surface area (Å²) in [6.45, 7) is 8.01. The lowest BCUT2D eigenvalue weighted by molar-refractivity contribution is -0.00198. The zero-order chi connectivity index (χ0) is 22.9. The lowest BCUT2D eigenvalue weighted by atomic mass is 10.1. The highest BCUT2D eigenvalue weighted by Gasteiger charge is 2.31. The van der Waals surface area contributed by atoms with Gasteiger partial charge in [-0.1, -0.05) is 35.0 Å². The number of aromatic nitrogens is 3. The van der Waals surface area contributed by atoms with Gasteiger partial charge in [-0.25, -0.2) is 4.68 Å². The first-order chi connectivity index (χ1) is 16.0. The third-order valence-electron chi connectivity index (χ3n) is 6.55. The number of hydrogen-bond donors (Lipinski definition) is 0. The lowest BCUT2D eigenvalue weighted by Gasteiger charge is -2.36. The number of carbonyl (C=O) groups is 1. The predicted molar refractivity (Wildman–Crippen MR) is 125 cm³/mol. The molecule has 3 heterocycles. The number of anilines is 1. The van der Waals surface area contributed by atoms with E-state index in [2.05, 4.69) is 47.3 Å². The van der Waals surface area contributed by atoms with Gasteiger partial charge in [0.25, 0.3) is 5.91 Å². The van der Waals surface area contributed by atoms with Crippen LogP contribution in [0.4, 0.5) is 5.69 Å². The van der Waals surface area contributed by atoms with Crippen molar-refractivity contribution < 1.29 is 14.3 Å². The molecule has 0 spiro atoms. The summed E-state index contributed by atoms with van der Waals surface area (Å²) in [7, 11) is 1.65. The summed E-state index contributed by atoms with van der Waals surface area (Å²) in [5, 5.41) is 8.51. The molecule has 8 nitrogen and oxygen atoms in total. The molecule has 33 heavy (non-hydrogen) atoms. The number of carbonyl (C=O) groups excluding carboxylic acids is 1. The summed E-state index contributed by atoms with van der Waals surface area (Å²) in [5.41, 5.74) is 5.98. The summed E-state index contributed by atoms with van der Waals surface area (Å²) in [6.07, 6.45) is -0.130. The zero-order valence-corrected chi connectivity index (χ0v) is 19.3. The van der Waals surface area contributed by atoms with Crippen molar-refractivity contribution in [2.45, 2.75) is 33.1 Å². The first-order valence-electron chi connectivity index (χ1n) is 11.3. The Morgan fingerprint density at radius 2 is 1.82 bits per heavy atom. The Bertz CT molecular complexity index is 1150. The number of hydrogen-bond acceptors (Lipinski definition) is 6. The van der Waals surface area contributed by atoms with Crippen LogP contribution in [0.15, 0.2) is 42.5 Å². The molecule has 0 saturated carbocycles. The van der Waals surface area contributed by atoms with E-state index < -0.39 is 0 Å². The molecule has 0 bridgehead atoms. The van der Waals surface area contributed by atoms with Gasteiger partial charge < -0.3 is 19.3 Å². The smallest absolute Gasteiger partial charge is 0.276 e. The van der Waals surface area contributed by atoms with Gasteiger partial charge in [-0.15, -0.1) is 5.10 Å². The minimum absolute atomic E-state index is 0.0666. The third kappa shape index (κ3) is 4.18. The Morgan fingerprint density at radius 3 is 2.52 bits per heavy atom. The van der Waals surface area contributed by atoms with E-state index in [4.69, 9.17) is 9.47 Å². The fraction of sp³-hybridized carbons (Fsp3) is 0.400. The highest BCUT2D eigenvalue weighted by Crippen LogP contribution is 2.29. The predicted octanol–water partition coefficient (Wildman–Crippen LogP) is 3.14. The minimum atomic E-state index is -0.130. The van der Waals surface area contributed by atoms with E-state index in [1.807, 2.05) is 29.2 Å². The lowest BCUT2D eigenvalue weighted by Crippen LogP contribution is -2.49. The Labute approximate surface area is 193 Å². The number of ether oxygens (including phenoxy) is 2. The van der Waals surface area contributed by atoms with Crippen molar-refractivity contribution in [1.82, 2.24) is 19.9 Å². The van der Waals surface area contributed by atoms with Crippen LogP contribution < -0.4 is 9.64 Å². The molecule has 5 rings (SSSR count). The van der Waals surface area contributed by atoms with E-state index in [-0.39, 0.29) is 12.0 Å². The van der Waals surface area contributed by atoms with E-state index in [1.54, 1.807) is 11.8 Å². The van der Waals surface area contributed by atoms with Crippen LogP contribution in [0.2, 0.25) is 0 Å². The van der Waals surface area contributed by atoms with E-state index >= 15 is 0 Å². The third-order valence-corrected chi connectivity index (χ3v) is 6.55. The molecule has 0 aliphatic carbocycles. The van der Waals surface area contributed by atoms with E-state index in [0.717, 1.165) is 30.1 Å². The summed E-state index contributed by atoms with van der Waals surface area (Å²) in [6, 6.07) is 14.3. The molecule has 2 aliphatic heterocycles. The molecule has 1 atom stereocenters. The molecule has 2 aromatic carbocycles. The molecule has 172 valence electrons. The first-order valence-corrected chi connectivity index (χ1v) is 11.3. The van der Waals surface area contributed by atoms with E-state index in [1.165, 1.54) is 16.8 Å². The van der Waals surface area contributed by atoms with Crippen molar-refractivity contribution in [2.75, 3.05) is 38.2 Å². The SMILES string of the molecule is COc1ccc([C@H]2Cn3nnc(C(=O)N4CCN(c5ccc(C)cc5C)CC4)c3CO2)cc1. The molecular weight excluding hydrogens is 418 g/mol. The van der Waals surface area contributed by atoms with Crippen LogP contribution in [0.3, 0.4) is 0 Å². The van der Waals surface area contributed by atoms with Gasteiger partial charge in [0.1, 0.15) is 11.9 Å². The monoisotopic (exact) mass is 447 g/mol. The zero-order valence-electron chi connectivity index (χ0n) is 19.3. The second kappa shape index (κ2) is 8.86. The maximum Gasteiger partial charge on any atom is 0.276 e. The molecule has 2 aliphatic rings. The Hall–Kier alpha value is -3.39. The Morgan fingerprint density at radius 1 is 1.06 bits per heavy atom. The highest BCUT2D eigenvalue weighted by molar-refractivity contribution is 5.93. The summed E-state index contributed by atoms with van der Waals surface area (Å²) in [5.74, 6) is 0.740. The number of piperazine rings is 1. The van der Waals surface area contributed by atoms with Crippen LogP contribution in [0.5, 0.6) is 5.75 Å². The fourth-order valence-electron chi connectivity index (χ4n) is 4.66. The van der Waals surface area contributed by atoms with Crippen molar-refractivity contribution >= 4 is 11.6 Å². The summed E-state index contributed by atoms with van der Waals surface area (Å²) >= 11 is 0. The number of nitrogens with zero attached hydrogens (tertiary/aromatic N) is 5. The van der Waals surface area contributed by atoms with Crippen LogP contribution in [0, 0.1) is 13.8 Å². The number of fused-ring (bicyclic) bond motifs is 1. The molecule has 0 unspecified atom stereocenters. The van der Waals surface area contributed by atoms with Gasteiger partial charge in [0, 0.05) is 31.9 Å². The fourth-order valence-corrected chi connectivity index (χ4v) is 4.66. The number of aryl methyl sites for hydroxylation is 2. The van der Waals surface area contributed by atoms with Gasteiger partial charge in [-0.2, -0.15) is 0 Å². The van der Waals surface area contributed by atoms with Crippen LogP contribution >= 0.6 is 0 Å². The van der Waals surface area contributed by atoms with Gasteiger partial charge >= 0.3 is 0 Å². The molecule has 1 amide bonds. The van der Waals surface area contributed by atoms with Crippen LogP contribution in [0.25, 0.3) is 0 Å². The first kappa shape index (κ1) is 21.5. The van der Waals surface area contributed by atoms with Gasteiger partial charge in [0.15, 0.2) is 5.69 Å². The van der Waals surface area contributed by atoms with Gasteiger partial charge in [0.2, 0.25) is 0 Å². The van der Waals surface area contributed by atoms with Gasteiger partial charge in [-0.3, -0.25) is 4.79 Å². The molecule has 0 N–H and O–H groups in total. The molecular formula is C25H29N5O3. The Kier molecular flexibility index (Phi) is 5.76. The quantitative estimate of drug-likeness (QED) is 0.612. The minimum Gasteiger partial charge on any atom is -0.497 e. The molecule has 0 radical (unpaired) electrons. The van der Waals surface area contributed by atoms with E-state index in [0.29, 0.717) is 31.9 Å². The molecule has 1 fully saturated rings. The molecule has 1 aromatic heterocycles. The van der Waals surface area contributed by atoms with Crippen LogP contribution in [-0.2, 0) is 17.9 Å². The maximum atomic E-state index is 13.2. The van der Waals surface area contributed by atoms with Crippen LogP contribution in [0.1, 0.15) is 39.0 Å². The second-order valence-corrected chi connectivity index (χ2v) is 8.71. The van der Waals surface area contributed by atoms with Crippen molar-refractivity contribution in [1.29, 1.82) is 0 Å². The topological polar surface area (TPSA) is 72.7 Å². The van der Waals surface area contributed by atoms with Crippen LogP contribution in [-0.4, -0.2) is 59.1 Å². The van der Waals surface area contributed by atoms with Gasteiger partial charge in [-0.05, 0) is 43.2 Å². The van der Waals surface area contributed by atoms with Crippen molar-refractivity contribution in [3.05, 3.63) is 70.5 Å². The number of benzene rings is 2. The molecule has 8 heteroatoms. The van der Waals surface area contributed by atoms with Crippen molar-refractivity contribution in [2.24, 2.45) is 0 Å². The number of rotatable bonds is 4. The average molecular weight is 448 g/mol. The Balaban J connectivity index is 1.24. The van der Waals surface area contributed by atoms with Crippen molar-refractivity contribution in [3.63, 3.8) is 0 Å².